The molecule has 2 heterocycles. The molecule has 4 N–H and O–H groups in total. The smallest absolute Gasteiger partial charge is 0.256 e. The number of carbonyl (C=O) groups is 1. The summed E-state index contributed by atoms with van der Waals surface area (Å²) in [5.74, 6) is 0.120. The average Bonchev–Trinajstić information content (AvgIpc) is 2.90. The highest BCUT2D eigenvalue weighted by atomic mass is 16.3. The Balaban J connectivity index is 1.73. The van der Waals surface area contributed by atoms with Crippen molar-refractivity contribution in [2.45, 2.75) is 44.6 Å². The van der Waals surface area contributed by atoms with Gasteiger partial charge >= 0.3 is 0 Å². The number of hydrogen-bond acceptors (Lipinski definition) is 5. The van der Waals surface area contributed by atoms with Gasteiger partial charge in [0.2, 0.25) is 0 Å². The maximum Gasteiger partial charge on any atom is 0.256 e. The van der Waals surface area contributed by atoms with Gasteiger partial charge in [0, 0.05) is 24.2 Å². The van der Waals surface area contributed by atoms with Crippen molar-refractivity contribution in [2.24, 2.45) is 0 Å². The van der Waals surface area contributed by atoms with Crippen molar-refractivity contribution in [1.82, 2.24) is 9.78 Å². The van der Waals surface area contributed by atoms with Crippen LogP contribution in [0.1, 0.15) is 45.9 Å². The molecule has 4 rings (SSSR count). The van der Waals surface area contributed by atoms with Gasteiger partial charge in [-0.25, -0.2) is 0 Å². The van der Waals surface area contributed by atoms with Crippen LogP contribution in [0, 0.1) is 6.92 Å². The Kier molecular flexibility index (Phi) is 3.57. The number of nitrogens with zero attached hydrogens (tertiary/aromatic N) is 2. The van der Waals surface area contributed by atoms with Gasteiger partial charge in [-0.2, -0.15) is 9.78 Å². The third kappa shape index (κ3) is 2.29. The Morgan fingerprint density at radius 1 is 1.42 bits per heavy atom. The number of carbonyl (C=O) groups excluding carboxylic acids is 1. The van der Waals surface area contributed by atoms with Gasteiger partial charge in [0.15, 0.2) is 0 Å². The number of benzene rings is 1. The minimum Gasteiger partial charge on any atom is -0.393 e. The molecule has 0 radical (unpaired) electrons. The molecule has 0 saturated heterocycles. The summed E-state index contributed by atoms with van der Waals surface area (Å²) < 4.78 is 1.37. The van der Waals surface area contributed by atoms with Crippen molar-refractivity contribution in [3.05, 3.63) is 40.6 Å². The third-order valence-electron chi connectivity index (χ3n) is 5.19. The number of anilines is 2. The Labute approximate surface area is 140 Å². The maximum absolute atomic E-state index is 13.1. The van der Waals surface area contributed by atoms with Crippen molar-refractivity contribution >= 4 is 17.4 Å². The molecule has 126 valence electrons. The second kappa shape index (κ2) is 5.63. The highest BCUT2D eigenvalue weighted by molar-refractivity contribution is 5.90. The van der Waals surface area contributed by atoms with Gasteiger partial charge in [0.1, 0.15) is 5.82 Å². The standard InChI is InChI=1S/C18H22N4O2/c1-10-3-2-4-12-13(7-8-20-16(10)12)18(24)22-17(19)14-6-5-11(23)9-15(14)21-22/h2-4,11,13,20,23H,5-9,19H2,1H3/t11-,13-/m0/s1. The molecule has 24 heavy (non-hydrogen) atoms. The van der Waals surface area contributed by atoms with E-state index in [0.717, 1.165) is 41.0 Å². The van der Waals surface area contributed by atoms with E-state index in [1.54, 1.807) is 0 Å². The van der Waals surface area contributed by atoms with E-state index in [1.165, 1.54) is 4.68 Å². The number of nitrogens with two attached hydrogens (primary N) is 1. The SMILES string of the molecule is Cc1cccc2c1NCC[C@@H]2C(=O)n1nc2c(c1N)CC[C@H](O)C2. The number of aromatic nitrogens is 2. The highest BCUT2D eigenvalue weighted by Crippen LogP contribution is 2.36. The topological polar surface area (TPSA) is 93.2 Å². The fourth-order valence-corrected chi connectivity index (χ4v) is 3.87. The molecule has 2 aliphatic rings. The zero-order chi connectivity index (χ0) is 16.8. The van der Waals surface area contributed by atoms with E-state index in [1.807, 2.05) is 25.1 Å². The number of rotatable bonds is 1. The van der Waals surface area contributed by atoms with Crippen LogP contribution in [0.4, 0.5) is 11.5 Å². The first-order valence-corrected chi connectivity index (χ1v) is 8.48. The van der Waals surface area contributed by atoms with E-state index in [9.17, 15) is 9.90 Å². The second-order valence-electron chi connectivity index (χ2n) is 6.76. The molecule has 6 nitrogen and oxygen atoms in total. The normalized spacial score (nSPS) is 22.4. The predicted octanol–water partition coefficient (Wildman–Crippen LogP) is 1.86. The van der Waals surface area contributed by atoms with Crippen molar-refractivity contribution < 1.29 is 9.90 Å². The molecular formula is C18H22N4O2. The minimum atomic E-state index is -0.391. The number of hydrogen-bond donors (Lipinski definition) is 3. The summed E-state index contributed by atoms with van der Waals surface area (Å²) in [6.45, 7) is 2.80. The molecule has 2 aromatic rings. The van der Waals surface area contributed by atoms with Gasteiger partial charge in [-0.15, -0.1) is 0 Å². The largest absolute Gasteiger partial charge is 0.393 e. The molecule has 0 amide bonds. The second-order valence-corrected chi connectivity index (χ2v) is 6.76. The lowest BCUT2D eigenvalue weighted by molar-refractivity contribution is 0.0858. The van der Waals surface area contributed by atoms with E-state index in [4.69, 9.17) is 5.73 Å². The summed E-state index contributed by atoms with van der Waals surface area (Å²) in [7, 11) is 0. The van der Waals surface area contributed by atoms with Gasteiger partial charge in [-0.1, -0.05) is 18.2 Å². The molecule has 6 heteroatoms. The van der Waals surface area contributed by atoms with Crippen LogP contribution in [0.25, 0.3) is 0 Å². The van der Waals surface area contributed by atoms with Crippen molar-refractivity contribution in [3.8, 4) is 0 Å². The molecule has 1 aromatic carbocycles. The van der Waals surface area contributed by atoms with E-state index in [-0.39, 0.29) is 11.8 Å². The zero-order valence-electron chi connectivity index (χ0n) is 13.7. The molecule has 1 aliphatic heterocycles. The molecule has 1 aliphatic carbocycles. The van der Waals surface area contributed by atoms with Crippen LogP contribution in [0.2, 0.25) is 0 Å². The molecular weight excluding hydrogens is 304 g/mol. The fraction of sp³-hybridized carbons (Fsp3) is 0.444. The minimum absolute atomic E-state index is 0.0789. The molecule has 0 saturated carbocycles. The lowest BCUT2D eigenvalue weighted by Gasteiger charge is -2.27. The van der Waals surface area contributed by atoms with Crippen LogP contribution < -0.4 is 11.1 Å². The van der Waals surface area contributed by atoms with Crippen molar-refractivity contribution in [2.75, 3.05) is 17.6 Å². The predicted molar refractivity (Wildman–Crippen MR) is 92.3 cm³/mol. The van der Waals surface area contributed by atoms with Crippen LogP contribution in [-0.4, -0.2) is 33.4 Å². The summed E-state index contributed by atoms with van der Waals surface area (Å²) in [6.07, 6.45) is 2.16. The van der Waals surface area contributed by atoms with Gasteiger partial charge in [-0.3, -0.25) is 4.79 Å². The van der Waals surface area contributed by atoms with Gasteiger partial charge in [-0.05, 0) is 37.3 Å². The number of para-hydroxylation sites is 1. The molecule has 0 spiro atoms. The summed E-state index contributed by atoms with van der Waals surface area (Å²) in [6, 6.07) is 6.02. The first-order valence-electron chi connectivity index (χ1n) is 8.48. The Morgan fingerprint density at radius 3 is 3.08 bits per heavy atom. The summed E-state index contributed by atoms with van der Waals surface area (Å²) in [4.78, 5) is 13.1. The van der Waals surface area contributed by atoms with Crippen molar-refractivity contribution in [3.63, 3.8) is 0 Å². The molecule has 1 aromatic heterocycles. The van der Waals surface area contributed by atoms with E-state index < -0.39 is 6.10 Å². The van der Waals surface area contributed by atoms with E-state index >= 15 is 0 Å². The first kappa shape index (κ1) is 15.2. The Morgan fingerprint density at radius 2 is 2.25 bits per heavy atom. The van der Waals surface area contributed by atoms with Gasteiger partial charge < -0.3 is 16.2 Å². The highest BCUT2D eigenvalue weighted by Gasteiger charge is 2.32. The third-order valence-corrected chi connectivity index (χ3v) is 5.19. The molecule has 2 atom stereocenters. The molecule has 0 unspecified atom stereocenters. The molecule has 0 bridgehead atoms. The fourth-order valence-electron chi connectivity index (χ4n) is 3.87. The lowest BCUT2D eigenvalue weighted by atomic mass is 9.88. The quantitative estimate of drug-likeness (QED) is 0.744. The number of aliphatic hydroxyl groups is 1. The first-order chi connectivity index (χ1) is 11.6. The molecule has 0 fully saturated rings. The van der Waals surface area contributed by atoms with Gasteiger partial charge in [0.25, 0.3) is 5.91 Å². The van der Waals surface area contributed by atoms with E-state index in [2.05, 4.69) is 10.4 Å². The number of fused-ring (bicyclic) bond motifs is 2. The summed E-state index contributed by atoms with van der Waals surface area (Å²) in [5, 5.41) is 17.6. The monoisotopic (exact) mass is 326 g/mol. The van der Waals surface area contributed by atoms with Crippen LogP contribution in [0.3, 0.4) is 0 Å². The number of aryl methyl sites for hydroxylation is 1. The van der Waals surface area contributed by atoms with Crippen LogP contribution in [0.5, 0.6) is 0 Å². The van der Waals surface area contributed by atoms with Crippen LogP contribution in [-0.2, 0) is 12.8 Å². The Hall–Kier alpha value is -2.34. The number of nitrogen functional groups attached to an aromatic ring is 1. The van der Waals surface area contributed by atoms with Crippen LogP contribution >= 0.6 is 0 Å². The van der Waals surface area contributed by atoms with Crippen LogP contribution in [0.15, 0.2) is 18.2 Å². The lowest BCUT2D eigenvalue weighted by Crippen LogP contribution is -2.28. The number of nitrogens with one attached hydrogen (secondary N) is 1. The summed E-state index contributed by atoms with van der Waals surface area (Å²) >= 11 is 0. The number of aliphatic hydroxyl groups excluding tert-OH is 1. The maximum atomic E-state index is 13.1. The van der Waals surface area contributed by atoms with Gasteiger partial charge in [0.05, 0.1) is 17.7 Å². The summed E-state index contributed by atoms with van der Waals surface area (Å²) in [5.41, 5.74) is 11.1. The Bertz CT molecular complexity index is 812. The zero-order valence-corrected chi connectivity index (χ0v) is 13.7. The van der Waals surface area contributed by atoms with E-state index in [0.29, 0.717) is 25.1 Å². The average molecular weight is 326 g/mol. The van der Waals surface area contributed by atoms with Crippen molar-refractivity contribution in [1.29, 1.82) is 0 Å².